The molecule has 0 spiro atoms. The molecular weight excluding hydrogens is 242 g/mol. The van der Waals surface area contributed by atoms with Crippen molar-refractivity contribution in [3.8, 4) is 0 Å². The fraction of sp³-hybridized carbons (Fsp3) is 0.429. The molecule has 0 bridgehead atoms. The number of carbonyl (C=O) groups is 2. The molecule has 0 fully saturated rings. The van der Waals surface area contributed by atoms with Crippen LogP contribution >= 0.6 is 0 Å². The van der Waals surface area contributed by atoms with Crippen LogP contribution in [-0.2, 0) is 4.79 Å². The highest BCUT2D eigenvalue weighted by molar-refractivity contribution is 5.98. The van der Waals surface area contributed by atoms with Gasteiger partial charge in [0, 0.05) is 11.7 Å². The molecular formula is C14H21N3O2. The van der Waals surface area contributed by atoms with Crippen molar-refractivity contribution >= 4 is 17.5 Å². The molecule has 0 unspecified atom stereocenters. The minimum absolute atomic E-state index is 0.0898. The highest BCUT2D eigenvalue weighted by Crippen LogP contribution is 2.13. The van der Waals surface area contributed by atoms with Crippen molar-refractivity contribution in [1.82, 2.24) is 5.32 Å². The summed E-state index contributed by atoms with van der Waals surface area (Å²) in [5.41, 5.74) is 6.23. The molecule has 0 aliphatic carbocycles. The van der Waals surface area contributed by atoms with Gasteiger partial charge in [-0.25, -0.2) is 0 Å². The normalized spacial score (nSPS) is 10.3. The Hall–Kier alpha value is -2.04. The number of primary amides is 1. The molecule has 1 aromatic carbocycles. The third-order valence-corrected chi connectivity index (χ3v) is 2.98. The van der Waals surface area contributed by atoms with Crippen molar-refractivity contribution in [2.45, 2.75) is 32.7 Å². The Bertz CT molecular complexity index is 442. The van der Waals surface area contributed by atoms with Gasteiger partial charge in [-0.1, -0.05) is 26.0 Å². The summed E-state index contributed by atoms with van der Waals surface area (Å²) in [7, 11) is 0. The van der Waals surface area contributed by atoms with Gasteiger partial charge in [0.25, 0.3) is 5.91 Å². The first kappa shape index (κ1) is 15.0. The van der Waals surface area contributed by atoms with Crippen molar-refractivity contribution in [1.29, 1.82) is 0 Å². The molecule has 1 rings (SSSR count). The summed E-state index contributed by atoms with van der Waals surface area (Å²) in [6, 6.07) is 7.07. The lowest BCUT2D eigenvalue weighted by molar-refractivity contribution is -0.120. The molecule has 104 valence electrons. The van der Waals surface area contributed by atoms with Crippen molar-refractivity contribution < 1.29 is 9.59 Å². The third kappa shape index (κ3) is 4.62. The van der Waals surface area contributed by atoms with Gasteiger partial charge in [-0.2, -0.15) is 0 Å². The fourth-order valence-corrected chi connectivity index (χ4v) is 1.80. The van der Waals surface area contributed by atoms with Gasteiger partial charge in [-0.05, 0) is 25.0 Å². The van der Waals surface area contributed by atoms with E-state index in [0.717, 1.165) is 12.8 Å². The second-order valence-electron chi connectivity index (χ2n) is 4.34. The lowest BCUT2D eigenvalue weighted by atomic mass is 10.1. The molecule has 1 aromatic rings. The van der Waals surface area contributed by atoms with Gasteiger partial charge in [0.1, 0.15) is 0 Å². The Kier molecular flexibility index (Phi) is 5.85. The van der Waals surface area contributed by atoms with E-state index in [-0.39, 0.29) is 18.5 Å². The smallest absolute Gasteiger partial charge is 0.250 e. The molecule has 0 aromatic heterocycles. The summed E-state index contributed by atoms with van der Waals surface area (Å²) in [5.74, 6) is -0.600. The van der Waals surface area contributed by atoms with E-state index in [1.54, 1.807) is 24.3 Å². The number of anilines is 1. The van der Waals surface area contributed by atoms with Gasteiger partial charge in [0.05, 0.1) is 12.1 Å². The van der Waals surface area contributed by atoms with Crippen LogP contribution in [0, 0.1) is 0 Å². The number of para-hydroxylation sites is 1. The zero-order chi connectivity index (χ0) is 14.3. The first-order chi connectivity index (χ1) is 9.08. The molecule has 0 aliphatic heterocycles. The van der Waals surface area contributed by atoms with E-state index in [4.69, 9.17) is 5.73 Å². The van der Waals surface area contributed by atoms with Crippen LogP contribution in [-0.4, -0.2) is 24.4 Å². The number of carbonyl (C=O) groups excluding carboxylic acids is 2. The first-order valence-corrected chi connectivity index (χ1v) is 6.50. The van der Waals surface area contributed by atoms with Crippen molar-refractivity contribution in [2.75, 3.05) is 11.9 Å². The standard InChI is InChI=1S/C14H21N3O2/c1-3-10(4-2)17-13(18)9-16-12-8-6-5-7-11(12)14(15)19/h5-8,10,16H,3-4,9H2,1-2H3,(H2,15,19)(H,17,18). The maximum Gasteiger partial charge on any atom is 0.250 e. The number of nitrogens with one attached hydrogen (secondary N) is 2. The van der Waals surface area contributed by atoms with Crippen molar-refractivity contribution in [3.63, 3.8) is 0 Å². The lowest BCUT2D eigenvalue weighted by Crippen LogP contribution is -2.37. The zero-order valence-corrected chi connectivity index (χ0v) is 11.4. The molecule has 0 radical (unpaired) electrons. The minimum atomic E-state index is -0.511. The maximum atomic E-state index is 11.7. The monoisotopic (exact) mass is 263 g/mol. The average molecular weight is 263 g/mol. The average Bonchev–Trinajstić information content (AvgIpc) is 2.42. The quantitative estimate of drug-likeness (QED) is 0.697. The van der Waals surface area contributed by atoms with Crippen molar-refractivity contribution in [2.24, 2.45) is 5.73 Å². The van der Waals surface area contributed by atoms with E-state index >= 15 is 0 Å². The van der Waals surface area contributed by atoms with Crippen LogP contribution in [0.3, 0.4) is 0 Å². The minimum Gasteiger partial charge on any atom is -0.376 e. The molecule has 0 saturated heterocycles. The summed E-state index contributed by atoms with van der Waals surface area (Å²) >= 11 is 0. The topological polar surface area (TPSA) is 84.2 Å². The fourth-order valence-electron chi connectivity index (χ4n) is 1.80. The predicted octanol–water partition coefficient (Wildman–Crippen LogP) is 1.50. The van der Waals surface area contributed by atoms with Gasteiger partial charge in [-0.3, -0.25) is 9.59 Å². The number of nitrogens with two attached hydrogens (primary N) is 1. The number of hydrogen-bond donors (Lipinski definition) is 3. The molecule has 4 N–H and O–H groups in total. The molecule has 5 nitrogen and oxygen atoms in total. The number of amides is 2. The number of hydrogen-bond acceptors (Lipinski definition) is 3. The highest BCUT2D eigenvalue weighted by atomic mass is 16.2. The number of rotatable bonds is 7. The van der Waals surface area contributed by atoms with E-state index in [9.17, 15) is 9.59 Å². The van der Waals surface area contributed by atoms with Crippen LogP contribution < -0.4 is 16.4 Å². The largest absolute Gasteiger partial charge is 0.376 e. The Balaban J connectivity index is 2.57. The van der Waals surface area contributed by atoms with Gasteiger partial charge < -0.3 is 16.4 Å². The maximum absolute atomic E-state index is 11.7. The molecule has 0 heterocycles. The Morgan fingerprint density at radius 3 is 2.42 bits per heavy atom. The molecule has 0 saturated carbocycles. The zero-order valence-electron chi connectivity index (χ0n) is 11.4. The van der Waals surface area contributed by atoms with Crippen LogP contribution in [0.4, 0.5) is 5.69 Å². The molecule has 0 atom stereocenters. The Labute approximate surface area is 113 Å². The second-order valence-corrected chi connectivity index (χ2v) is 4.34. The summed E-state index contributed by atoms with van der Waals surface area (Å²) in [4.78, 5) is 23.0. The molecule has 19 heavy (non-hydrogen) atoms. The third-order valence-electron chi connectivity index (χ3n) is 2.98. The van der Waals surface area contributed by atoms with Gasteiger partial charge in [0.2, 0.25) is 5.91 Å². The molecule has 5 heteroatoms. The summed E-state index contributed by atoms with van der Waals surface area (Å²) < 4.78 is 0. The van der Waals surface area contributed by atoms with Crippen LogP contribution in [0.5, 0.6) is 0 Å². The summed E-state index contributed by atoms with van der Waals surface area (Å²) in [6.07, 6.45) is 1.81. The Morgan fingerprint density at radius 1 is 1.21 bits per heavy atom. The Morgan fingerprint density at radius 2 is 1.84 bits per heavy atom. The van der Waals surface area contributed by atoms with Crippen molar-refractivity contribution in [3.05, 3.63) is 29.8 Å². The second kappa shape index (κ2) is 7.41. The van der Waals surface area contributed by atoms with E-state index in [1.165, 1.54) is 0 Å². The number of benzene rings is 1. The van der Waals surface area contributed by atoms with E-state index in [2.05, 4.69) is 10.6 Å². The molecule has 0 aliphatic rings. The SMILES string of the molecule is CCC(CC)NC(=O)CNc1ccccc1C(N)=O. The van der Waals surface area contributed by atoms with Crippen LogP contribution in [0.25, 0.3) is 0 Å². The van der Waals surface area contributed by atoms with Gasteiger partial charge >= 0.3 is 0 Å². The van der Waals surface area contributed by atoms with Gasteiger partial charge in [-0.15, -0.1) is 0 Å². The van der Waals surface area contributed by atoms with E-state index in [0.29, 0.717) is 11.3 Å². The van der Waals surface area contributed by atoms with Crippen LogP contribution in [0.2, 0.25) is 0 Å². The summed E-state index contributed by atoms with van der Waals surface area (Å²) in [6.45, 7) is 4.19. The highest BCUT2D eigenvalue weighted by Gasteiger charge is 2.10. The summed E-state index contributed by atoms with van der Waals surface area (Å²) in [5, 5.41) is 5.85. The van der Waals surface area contributed by atoms with Crippen LogP contribution in [0.1, 0.15) is 37.0 Å². The van der Waals surface area contributed by atoms with E-state index < -0.39 is 5.91 Å². The predicted molar refractivity (Wildman–Crippen MR) is 76.0 cm³/mol. The van der Waals surface area contributed by atoms with E-state index in [1.807, 2.05) is 13.8 Å². The first-order valence-electron chi connectivity index (χ1n) is 6.50. The molecule has 2 amide bonds. The van der Waals surface area contributed by atoms with Gasteiger partial charge in [0.15, 0.2) is 0 Å². The lowest BCUT2D eigenvalue weighted by Gasteiger charge is -2.15. The van der Waals surface area contributed by atoms with Crippen LogP contribution in [0.15, 0.2) is 24.3 Å².